The number of amides is 2. The van der Waals surface area contributed by atoms with E-state index in [0.717, 1.165) is 76.5 Å². The van der Waals surface area contributed by atoms with Crippen molar-refractivity contribution < 1.29 is 14.3 Å². The van der Waals surface area contributed by atoms with Crippen LogP contribution in [-0.4, -0.2) is 111 Å². The summed E-state index contributed by atoms with van der Waals surface area (Å²) < 4.78 is 5.38. The van der Waals surface area contributed by atoms with Crippen molar-refractivity contribution in [1.29, 1.82) is 0 Å². The maximum absolute atomic E-state index is 13.0. The van der Waals surface area contributed by atoms with E-state index in [0.29, 0.717) is 32.8 Å². The van der Waals surface area contributed by atoms with E-state index in [1.807, 2.05) is 23.1 Å². The molecule has 4 aliphatic rings. The van der Waals surface area contributed by atoms with Crippen LogP contribution in [0.1, 0.15) is 25.7 Å². The molecule has 0 saturated carbocycles. The maximum Gasteiger partial charge on any atom is 0.236 e. The molecule has 1 aromatic carbocycles. The molecule has 1 aromatic rings. The molecule has 5 rings (SSSR count). The lowest BCUT2D eigenvalue weighted by Gasteiger charge is -2.38. The normalized spacial score (nSPS) is 25.7. The molecule has 0 unspecified atom stereocenters. The summed E-state index contributed by atoms with van der Waals surface area (Å²) in [4.78, 5) is 34.7. The lowest BCUT2D eigenvalue weighted by molar-refractivity contribution is -0.139. The number of morpholine rings is 1. The van der Waals surface area contributed by atoms with Gasteiger partial charge in [0.15, 0.2) is 0 Å². The SMILES string of the molecule is O=C(CN1CCOCC1)N1CCC2(CC1)C[C@H](CCN1CCN(c3cccc(Cl)c3)CC1)NC2=O. The molecule has 4 heterocycles. The van der Waals surface area contributed by atoms with Gasteiger partial charge in [-0.15, -0.1) is 0 Å². The molecule has 1 spiro atoms. The van der Waals surface area contributed by atoms with Gasteiger partial charge >= 0.3 is 0 Å². The van der Waals surface area contributed by atoms with Gasteiger partial charge in [-0.3, -0.25) is 19.4 Å². The minimum atomic E-state index is -0.286. The number of piperidine rings is 1. The molecule has 4 saturated heterocycles. The van der Waals surface area contributed by atoms with Crippen molar-refractivity contribution in [3.63, 3.8) is 0 Å². The number of hydrogen-bond acceptors (Lipinski definition) is 6. The first-order valence-corrected chi connectivity index (χ1v) is 13.5. The molecule has 192 valence electrons. The second-order valence-electron chi connectivity index (χ2n) is 10.5. The van der Waals surface area contributed by atoms with Crippen LogP contribution in [0.15, 0.2) is 24.3 Å². The Labute approximate surface area is 213 Å². The fraction of sp³-hybridized carbons (Fsp3) is 0.692. The average Bonchev–Trinajstić information content (AvgIpc) is 3.18. The van der Waals surface area contributed by atoms with Crippen LogP contribution < -0.4 is 10.2 Å². The van der Waals surface area contributed by atoms with E-state index >= 15 is 0 Å². The number of anilines is 1. The van der Waals surface area contributed by atoms with E-state index in [-0.39, 0.29) is 23.3 Å². The zero-order valence-electron chi connectivity index (χ0n) is 20.6. The number of hydrogen-bond donors (Lipinski definition) is 1. The highest BCUT2D eigenvalue weighted by atomic mass is 35.5. The molecule has 0 aliphatic carbocycles. The summed E-state index contributed by atoms with van der Waals surface area (Å²) in [6, 6.07) is 8.32. The quantitative estimate of drug-likeness (QED) is 0.637. The van der Waals surface area contributed by atoms with Crippen molar-refractivity contribution in [1.82, 2.24) is 20.0 Å². The Kier molecular flexibility index (Phi) is 7.82. The molecular weight excluding hydrogens is 466 g/mol. The molecule has 0 aromatic heterocycles. The number of likely N-dealkylation sites (tertiary alicyclic amines) is 1. The van der Waals surface area contributed by atoms with Crippen LogP contribution >= 0.6 is 11.6 Å². The zero-order valence-corrected chi connectivity index (χ0v) is 21.3. The fourth-order valence-electron chi connectivity index (χ4n) is 6.03. The maximum atomic E-state index is 13.0. The highest BCUT2D eigenvalue weighted by molar-refractivity contribution is 6.30. The van der Waals surface area contributed by atoms with Crippen molar-refractivity contribution >= 4 is 29.1 Å². The van der Waals surface area contributed by atoms with Crippen LogP contribution in [0.3, 0.4) is 0 Å². The van der Waals surface area contributed by atoms with Gasteiger partial charge in [0, 0.05) is 75.7 Å². The fourth-order valence-corrected chi connectivity index (χ4v) is 6.22. The number of nitrogens with zero attached hydrogens (tertiary/aromatic N) is 4. The highest BCUT2D eigenvalue weighted by Gasteiger charge is 2.48. The number of carbonyl (C=O) groups excluding carboxylic acids is 2. The van der Waals surface area contributed by atoms with E-state index in [1.165, 1.54) is 5.69 Å². The van der Waals surface area contributed by atoms with Gasteiger partial charge in [0.05, 0.1) is 25.2 Å². The average molecular weight is 504 g/mol. The first-order chi connectivity index (χ1) is 17.0. The summed E-state index contributed by atoms with van der Waals surface area (Å²) in [5.74, 6) is 0.391. The molecule has 1 atom stereocenters. The predicted molar refractivity (Wildman–Crippen MR) is 137 cm³/mol. The van der Waals surface area contributed by atoms with Crippen LogP contribution in [0.25, 0.3) is 0 Å². The molecule has 8 nitrogen and oxygen atoms in total. The summed E-state index contributed by atoms with van der Waals surface area (Å²) in [7, 11) is 0. The second kappa shape index (κ2) is 11.0. The lowest BCUT2D eigenvalue weighted by atomic mass is 9.75. The molecule has 35 heavy (non-hydrogen) atoms. The third-order valence-corrected chi connectivity index (χ3v) is 8.56. The largest absolute Gasteiger partial charge is 0.379 e. The third kappa shape index (κ3) is 5.93. The second-order valence-corrected chi connectivity index (χ2v) is 11.0. The van der Waals surface area contributed by atoms with Crippen LogP contribution in [0.5, 0.6) is 0 Å². The molecule has 0 bridgehead atoms. The Morgan fingerprint density at radius 1 is 1.03 bits per heavy atom. The van der Waals surface area contributed by atoms with Crippen molar-refractivity contribution in [2.75, 3.05) is 83.6 Å². The van der Waals surface area contributed by atoms with Crippen LogP contribution in [0.2, 0.25) is 5.02 Å². The Balaban J connectivity index is 1.04. The lowest BCUT2D eigenvalue weighted by Crippen LogP contribution is -2.50. The van der Waals surface area contributed by atoms with Crippen molar-refractivity contribution in [2.45, 2.75) is 31.7 Å². The van der Waals surface area contributed by atoms with E-state index in [1.54, 1.807) is 0 Å². The van der Waals surface area contributed by atoms with Gasteiger partial charge in [-0.2, -0.15) is 0 Å². The summed E-state index contributed by atoms with van der Waals surface area (Å²) in [6.07, 6.45) is 3.45. The summed E-state index contributed by atoms with van der Waals surface area (Å²) in [6.45, 7) is 9.95. The molecule has 1 N–H and O–H groups in total. The minimum absolute atomic E-state index is 0.189. The Hall–Kier alpha value is -1.87. The number of piperazine rings is 1. The molecule has 9 heteroatoms. The number of carbonyl (C=O) groups is 2. The van der Waals surface area contributed by atoms with Crippen LogP contribution in [0.4, 0.5) is 5.69 Å². The van der Waals surface area contributed by atoms with Crippen molar-refractivity contribution in [3.05, 3.63) is 29.3 Å². The first kappa shape index (κ1) is 24.8. The molecule has 2 amide bonds. The third-order valence-electron chi connectivity index (χ3n) is 8.33. The van der Waals surface area contributed by atoms with Gasteiger partial charge in [0.1, 0.15) is 0 Å². The number of rotatable bonds is 6. The highest BCUT2D eigenvalue weighted by Crippen LogP contribution is 2.41. The van der Waals surface area contributed by atoms with Gasteiger partial charge in [-0.25, -0.2) is 0 Å². The zero-order chi connectivity index (χ0) is 24.3. The van der Waals surface area contributed by atoms with Gasteiger partial charge in [0.25, 0.3) is 0 Å². The number of benzene rings is 1. The van der Waals surface area contributed by atoms with E-state index in [9.17, 15) is 9.59 Å². The van der Waals surface area contributed by atoms with Crippen LogP contribution in [0, 0.1) is 5.41 Å². The predicted octanol–water partition coefficient (Wildman–Crippen LogP) is 1.68. The first-order valence-electron chi connectivity index (χ1n) is 13.1. The van der Waals surface area contributed by atoms with E-state index in [4.69, 9.17) is 16.3 Å². The van der Waals surface area contributed by atoms with Gasteiger partial charge in [-0.05, 0) is 43.9 Å². The monoisotopic (exact) mass is 503 g/mol. The molecule has 4 aliphatic heterocycles. The number of ether oxygens (including phenoxy) is 1. The summed E-state index contributed by atoms with van der Waals surface area (Å²) in [5, 5.41) is 4.07. The topological polar surface area (TPSA) is 68.4 Å². The minimum Gasteiger partial charge on any atom is -0.379 e. The van der Waals surface area contributed by atoms with E-state index in [2.05, 4.69) is 26.1 Å². The smallest absolute Gasteiger partial charge is 0.236 e. The van der Waals surface area contributed by atoms with Gasteiger partial charge in [0.2, 0.25) is 11.8 Å². The van der Waals surface area contributed by atoms with Gasteiger partial charge < -0.3 is 19.9 Å². The van der Waals surface area contributed by atoms with Crippen LogP contribution in [-0.2, 0) is 14.3 Å². The van der Waals surface area contributed by atoms with Gasteiger partial charge in [-0.1, -0.05) is 17.7 Å². The number of nitrogens with one attached hydrogen (secondary N) is 1. The summed E-state index contributed by atoms with van der Waals surface area (Å²) in [5.41, 5.74) is 0.906. The van der Waals surface area contributed by atoms with Crippen molar-refractivity contribution in [3.8, 4) is 0 Å². The number of halogens is 1. The summed E-state index contributed by atoms with van der Waals surface area (Å²) >= 11 is 6.15. The standard InChI is InChI=1S/C26H38ClN5O3/c27-21-2-1-3-23(18-21)31-12-10-29(11-13-31)7-4-22-19-26(25(34)28-22)5-8-32(9-6-26)24(33)20-30-14-16-35-17-15-30/h1-3,18,22H,4-17,19-20H2,(H,28,34)/t22-/m0/s1. The Bertz CT molecular complexity index is 893. The molecule has 0 radical (unpaired) electrons. The molecule has 4 fully saturated rings. The molecular formula is C26H38ClN5O3. The Morgan fingerprint density at radius 2 is 1.77 bits per heavy atom. The van der Waals surface area contributed by atoms with Crippen molar-refractivity contribution in [2.24, 2.45) is 5.41 Å². The Morgan fingerprint density at radius 3 is 2.49 bits per heavy atom. The van der Waals surface area contributed by atoms with E-state index < -0.39 is 0 Å².